The minimum absolute atomic E-state index is 0.243. The number of phenols is 1. The average Bonchev–Trinajstić information content (AvgIpc) is 3.36. The first kappa shape index (κ1) is 16.0. The zero-order valence-corrected chi connectivity index (χ0v) is 14.8. The Bertz CT molecular complexity index is 1080. The topological polar surface area (TPSA) is 91.7 Å². The molecule has 0 bridgehead atoms. The predicted molar refractivity (Wildman–Crippen MR) is 103 cm³/mol. The van der Waals surface area contributed by atoms with Gasteiger partial charge in [-0.2, -0.15) is 10.2 Å². The fraction of sp³-hybridized carbons (Fsp3) is 0.250. The van der Waals surface area contributed by atoms with Crippen molar-refractivity contribution in [1.29, 1.82) is 0 Å². The molecule has 1 saturated heterocycles. The monoisotopic (exact) mass is 360 g/mol. The fourth-order valence-corrected chi connectivity index (χ4v) is 3.65. The maximum absolute atomic E-state index is 9.45. The predicted octanol–water partition coefficient (Wildman–Crippen LogP) is 3.12. The number of fused-ring (bicyclic) bond motifs is 1. The quantitative estimate of drug-likeness (QED) is 0.522. The first-order valence-electron chi connectivity index (χ1n) is 9.18. The summed E-state index contributed by atoms with van der Waals surface area (Å²) in [6, 6.07) is 11.5. The lowest BCUT2D eigenvalue weighted by atomic mass is 10.1. The summed E-state index contributed by atoms with van der Waals surface area (Å²) in [5.74, 6) is 0.243. The van der Waals surface area contributed by atoms with E-state index < -0.39 is 0 Å². The number of H-pyrrole nitrogens is 1. The lowest BCUT2D eigenvalue weighted by Gasteiger charge is -2.22. The molecule has 0 atom stereocenters. The molecule has 1 aromatic carbocycles. The van der Waals surface area contributed by atoms with Crippen molar-refractivity contribution in [3.63, 3.8) is 0 Å². The van der Waals surface area contributed by atoms with Crippen LogP contribution in [0.15, 0.2) is 48.8 Å². The van der Waals surface area contributed by atoms with Gasteiger partial charge in [-0.25, -0.2) is 4.98 Å². The molecule has 1 fully saturated rings. The number of phenolic OH excluding ortho intramolecular Hbond substituents is 1. The zero-order valence-electron chi connectivity index (χ0n) is 14.8. The molecule has 3 aromatic heterocycles. The number of hydrogen-bond donors (Lipinski definition) is 3. The van der Waals surface area contributed by atoms with Gasteiger partial charge in [0.15, 0.2) is 5.65 Å². The van der Waals surface area contributed by atoms with Crippen LogP contribution in [0, 0.1) is 0 Å². The van der Waals surface area contributed by atoms with Crippen LogP contribution in [-0.2, 0) is 0 Å². The van der Waals surface area contributed by atoms with Crippen LogP contribution < -0.4 is 5.32 Å². The minimum Gasteiger partial charge on any atom is -0.508 e. The summed E-state index contributed by atoms with van der Waals surface area (Å²) in [7, 11) is 0. The van der Waals surface area contributed by atoms with Gasteiger partial charge in [0, 0.05) is 22.7 Å². The van der Waals surface area contributed by atoms with E-state index in [2.05, 4.69) is 36.5 Å². The van der Waals surface area contributed by atoms with Crippen LogP contribution in [0.1, 0.15) is 18.9 Å². The van der Waals surface area contributed by atoms with Crippen LogP contribution in [0.2, 0.25) is 0 Å². The molecule has 4 aromatic rings. The minimum atomic E-state index is 0.243. The van der Waals surface area contributed by atoms with Gasteiger partial charge in [0.1, 0.15) is 5.75 Å². The molecule has 7 heteroatoms. The maximum Gasteiger partial charge on any atom is 0.182 e. The zero-order chi connectivity index (χ0) is 18.2. The standard InChI is InChI=1S/C20H20N6O/c27-16-3-1-13(2-4-16)18-6-5-17-19(24-25-20(17)23-18)14-11-22-26(12-14)15-7-9-21-10-8-15/h1-6,11-12,15,21,27H,7-10H2,(H,23,24,25). The van der Waals surface area contributed by atoms with Crippen molar-refractivity contribution in [3.05, 3.63) is 48.8 Å². The van der Waals surface area contributed by atoms with E-state index in [0.29, 0.717) is 11.7 Å². The summed E-state index contributed by atoms with van der Waals surface area (Å²) in [4.78, 5) is 4.66. The van der Waals surface area contributed by atoms with E-state index in [0.717, 1.165) is 53.8 Å². The molecule has 5 rings (SSSR count). The Hall–Kier alpha value is -3.19. The summed E-state index contributed by atoms with van der Waals surface area (Å²) in [6.45, 7) is 2.08. The maximum atomic E-state index is 9.45. The highest BCUT2D eigenvalue weighted by molar-refractivity contribution is 5.91. The van der Waals surface area contributed by atoms with E-state index in [9.17, 15) is 5.11 Å². The Morgan fingerprint density at radius 2 is 1.81 bits per heavy atom. The molecule has 1 aliphatic heterocycles. The van der Waals surface area contributed by atoms with E-state index in [1.807, 2.05) is 30.5 Å². The number of aromatic amines is 1. The molecule has 0 unspecified atom stereocenters. The Kier molecular flexibility index (Phi) is 3.86. The lowest BCUT2D eigenvalue weighted by Crippen LogP contribution is -2.29. The number of nitrogens with zero attached hydrogens (tertiary/aromatic N) is 4. The number of nitrogens with one attached hydrogen (secondary N) is 2. The van der Waals surface area contributed by atoms with Crippen molar-refractivity contribution in [1.82, 2.24) is 30.3 Å². The molecule has 0 aliphatic carbocycles. The summed E-state index contributed by atoms with van der Waals surface area (Å²) < 4.78 is 2.07. The van der Waals surface area contributed by atoms with Gasteiger partial charge in [-0.15, -0.1) is 0 Å². The number of aromatic nitrogens is 5. The molecule has 0 saturated carbocycles. The highest BCUT2D eigenvalue weighted by atomic mass is 16.3. The molecule has 27 heavy (non-hydrogen) atoms. The van der Waals surface area contributed by atoms with Gasteiger partial charge in [0.2, 0.25) is 0 Å². The molecule has 7 nitrogen and oxygen atoms in total. The van der Waals surface area contributed by atoms with Crippen LogP contribution in [0.3, 0.4) is 0 Å². The number of aromatic hydroxyl groups is 1. The van der Waals surface area contributed by atoms with E-state index in [1.54, 1.807) is 12.1 Å². The second-order valence-electron chi connectivity index (χ2n) is 6.90. The summed E-state index contributed by atoms with van der Waals surface area (Å²) in [5, 5.41) is 25.9. The molecule has 1 aliphatic rings. The van der Waals surface area contributed by atoms with Gasteiger partial charge in [-0.05, 0) is 62.3 Å². The van der Waals surface area contributed by atoms with Gasteiger partial charge in [0.25, 0.3) is 0 Å². The highest BCUT2D eigenvalue weighted by Gasteiger charge is 2.17. The molecule has 3 N–H and O–H groups in total. The Balaban J connectivity index is 1.48. The lowest BCUT2D eigenvalue weighted by molar-refractivity contribution is 0.343. The van der Waals surface area contributed by atoms with Crippen molar-refractivity contribution < 1.29 is 5.11 Å². The normalized spacial score (nSPS) is 15.4. The second kappa shape index (κ2) is 6.51. The van der Waals surface area contributed by atoms with Crippen molar-refractivity contribution in [3.8, 4) is 28.3 Å². The number of pyridine rings is 1. The van der Waals surface area contributed by atoms with Gasteiger partial charge < -0.3 is 10.4 Å². The van der Waals surface area contributed by atoms with E-state index >= 15 is 0 Å². The second-order valence-corrected chi connectivity index (χ2v) is 6.90. The molecular weight excluding hydrogens is 340 g/mol. The number of benzene rings is 1. The van der Waals surface area contributed by atoms with Crippen molar-refractivity contribution in [2.75, 3.05) is 13.1 Å². The van der Waals surface area contributed by atoms with Gasteiger partial charge >= 0.3 is 0 Å². The van der Waals surface area contributed by atoms with Crippen LogP contribution in [-0.4, -0.2) is 43.2 Å². The van der Waals surface area contributed by atoms with E-state index in [1.165, 1.54) is 0 Å². The number of hydrogen-bond acceptors (Lipinski definition) is 5. The van der Waals surface area contributed by atoms with E-state index in [4.69, 9.17) is 0 Å². The third kappa shape index (κ3) is 2.96. The Labute approximate surface area is 156 Å². The highest BCUT2D eigenvalue weighted by Crippen LogP contribution is 2.29. The van der Waals surface area contributed by atoms with Crippen LogP contribution in [0.5, 0.6) is 5.75 Å². The van der Waals surface area contributed by atoms with Crippen LogP contribution in [0.4, 0.5) is 0 Å². The van der Waals surface area contributed by atoms with E-state index in [-0.39, 0.29) is 5.75 Å². The number of rotatable bonds is 3. The van der Waals surface area contributed by atoms with Gasteiger partial charge in [-0.3, -0.25) is 9.78 Å². The molecule has 0 spiro atoms. The molecular formula is C20H20N6O. The summed E-state index contributed by atoms with van der Waals surface area (Å²) in [5.41, 5.74) is 4.40. The summed E-state index contributed by atoms with van der Waals surface area (Å²) >= 11 is 0. The third-order valence-corrected chi connectivity index (χ3v) is 5.15. The third-order valence-electron chi connectivity index (χ3n) is 5.15. The van der Waals surface area contributed by atoms with Crippen molar-refractivity contribution >= 4 is 11.0 Å². The first-order chi connectivity index (χ1) is 13.3. The Morgan fingerprint density at radius 3 is 2.63 bits per heavy atom. The smallest absolute Gasteiger partial charge is 0.182 e. The van der Waals surface area contributed by atoms with Crippen molar-refractivity contribution in [2.45, 2.75) is 18.9 Å². The van der Waals surface area contributed by atoms with Crippen molar-refractivity contribution in [2.24, 2.45) is 0 Å². The SMILES string of the molecule is Oc1ccc(-c2ccc3c(-c4cnn(C5CCNCC5)c4)[nH]nc3n2)cc1. The average molecular weight is 360 g/mol. The van der Waals surface area contributed by atoms with Crippen LogP contribution >= 0.6 is 0 Å². The molecule has 0 radical (unpaired) electrons. The summed E-state index contributed by atoms with van der Waals surface area (Å²) in [6.07, 6.45) is 6.18. The number of piperidine rings is 1. The first-order valence-corrected chi connectivity index (χ1v) is 9.18. The molecule has 4 heterocycles. The fourth-order valence-electron chi connectivity index (χ4n) is 3.65. The molecule has 136 valence electrons. The molecule has 0 amide bonds. The Morgan fingerprint density at radius 1 is 1.00 bits per heavy atom. The van der Waals surface area contributed by atoms with Gasteiger partial charge in [-0.1, -0.05) is 0 Å². The van der Waals surface area contributed by atoms with Crippen LogP contribution in [0.25, 0.3) is 33.5 Å². The van der Waals surface area contributed by atoms with Gasteiger partial charge in [0.05, 0.1) is 23.6 Å². The largest absolute Gasteiger partial charge is 0.508 e.